The average Bonchev–Trinajstić information content (AvgIpc) is 2.86. The Morgan fingerprint density at radius 3 is 2.58 bits per heavy atom. The normalized spacial score (nSPS) is 35.6. The molecule has 2 fully saturated rings. The number of carboxylic acid groups (broad SMARTS) is 1. The van der Waals surface area contributed by atoms with Crippen molar-refractivity contribution in [3.8, 4) is 5.75 Å². The zero-order chi connectivity index (χ0) is 25.6. The highest BCUT2D eigenvalue weighted by atomic mass is 35.5. The lowest BCUT2D eigenvalue weighted by Gasteiger charge is -2.43. The number of aliphatic hydroxyl groups excluding tert-OH is 3. The van der Waals surface area contributed by atoms with Gasteiger partial charge in [-0.15, -0.1) is 0 Å². The van der Waals surface area contributed by atoms with Crippen molar-refractivity contribution in [1.29, 1.82) is 0 Å². The maximum Gasteiger partial charge on any atom is 0.335 e. The summed E-state index contributed by atoms with van der Waals surface area (Å²) >= 11 is 6.39. The molecule has 0 spiro atoms. The number of carboxylic acids is 1. The quantitative estimate of drug-likeness (QED) is 0.342. The maximum atomic E-state index is 11.4. The molecule has 1 saturated heterocycles. The topological polar surface area (TPSA) is 126 Å². The van der Waals surface area contributed by atoms with Gasteiger partial charge in [0, 0.05) is 11.5 Å². The highest BCUT2D eigenvalue weighted by molar-refractivity contribution is 6.32. The van der Waals surface area contributed by atoms with Crippen LogP contribution >= 0.6 is 11.6 Å². The minimum Gasteiger partial charge on any atom is -0.496 e. The van der Waals surface area contributed by atoms with Gasteiger partial charge in [0.25, 0.3) is 0 Å². The summed E-state index contributed by atoms with van der Waals surface area (Å²) in [6.45, 7) is 0. The predicted octanol–water partition coefficient (Wildman–Crippen LogP) is 3.66. The number of allylic oxidation sites excluding steroid dienone is 3. The Labute approximate surface area is 215 Å². The van der Waals surface area contributed by atoms with Gasteiger partial charge in [0.15, 0.2) is 6.10 Å². The van der Waals surface area contributed by atoms with E-state index < -0.39 is 36.7 Å². The number of benzene rings is 1. The molecule has 8 nitrogen and oxygen atoms in total. The van der Waals surface area contributed by atoms with Crippen LogP contribution < -0.4 is 4.74 Å². The summed E-state index contributed by atoms with van der Waals surface area (Å²) < 4.78 is 17.1. The Morgan fingerprint density at radius 1 is 1.06 bits per heavy atom. The van der Waals surface area contributed by atoms with Crippen molar-refractivity contribution in [1.82, 2.24) is 0 Å². The zero-order valence-corrected chi connectivity index (χ0v) is 21.0. The number of fused-ring (bicyclic) bond motifs is 3. The number of ether oxygens (including phenoxy) is 3. The van der Waals surface area contributed by atoms with E-state index in [0.29, 0.717) is 11.8 Å². The van der Waals surface area contributed by atoms with E-state index in [0.717, 1.165) is 37.0 Å². The monoisotopic (exact) mass is 520 g/mol. The Hall–Kier alpha value is -2.10. The van der Waals surface area contributed by atoms with Gasteiger partial charge in [-0.05, 0) is 74.6 Å². The van der Waals surface area contributed by atoms with Crippen molar-refractivity contribution >= 4 is 23.3 Å². The minimum absolute atomic E-state index is 0.152. The highest BCUT2D eigenvalue weighted by Crippen LogP contribution is 2.53. The number of rotatable bonds is 5. The lowest BCUT2D eigenvalue weighted by atomic mass is 9.62. The lowest BCUT2D eigenvalue weighted by Crippen LogP contribution is -2.61. The lowest BCUT2D eigenvalue weighted by molar-refractivity contribution is -0.271. The molecule has 0 aromatic heterocycles. The first kappa shape index (κ1) is 25.5. The van der Waals surface area contributed by atoms with E-state index in [1.807, 2.05) is 6.07 Å². The second-order valence-corrected chi connectivity index (χ2v) is 10.6. The number of carbonyl (C=O) groups is 1. The first-order valence-electron chi connectivity index (χ1n) is 12.7. The fraction of sp³-hybridized carbons (Fsp3) is 0.593. The van der Waals surface area contributed by atoms with Crippen LogP contribution in [0.2, 0.25) is 5.02 Å². The fourth-order valence-corrected chi connectivity index (χ4v) is 6.60. The summed E-state index contributed by atoms with van der Waals surface area (Å²) in [5.41, 5.74) is 5.34. The summed E-state index contributed by atoms with van der Waals surface area (Å²) in [7, 11) is 1.67. The van der Waals surface area contributed by atoms with Gasteiger partial charge >= 0.3 is 5.97 Å². The van der Waals surface area contributed by atoms with E-state index in [4.69, 9.17) is 25.8 Å². The van der Waals surface area contributed by atoms with Crippen molar-refractivity contribution in [3.63, 3.8) is 0 Å². The van der Waals surface area contributed by atoms with E-state index in [2.05, 4.69) is 0 Å². The van der Waals surface area contributed by atoms with Gasteiger partial charge in [0.2, 0.25) is 6.29 Å². The van der Waals surface area contributed by atoms with Crippen LogP contribution in [0.25, 0.3) is 5.76 Å². The molecule has 1 aromatic rings. The molecule has 36 heavy (non-hydrogen) atoms. The van der Waals surface area contributed by atoms with E-state index in [-0.39, 0.29) is 10.8 Å². The Kier molecular flexibility index (Phi) is 7.34. The van der Waals surface area contributed by atoms with Crippen LogP contribution in [0.3, 0.4) is 0 Å². The van der Waals surface area contributed by atoms with Crippen molar-refractivity contribution in [2.24, 2.45) is 11.8 Å². The van der Waals surface area contributed by atoms with Gasteiger partial charge in [0.1, 0.15) is 29.8 Å². The third-order valence-corrected chi connectivity index (χ3v) is 8.43. The van der Waals surface area contributed by atoms with Gasteiger partial charge < -0.3 is 34.6 Å². The number of hydrogen-bond acceptors (Lipinski definition) is 7. The van der Waals surface area contributed by atoms with Crippen LogP contribution in [0.4, 0.5) is 0 Å². The molecule has 1 saturated carbocycles. The summed E-state index contributed by atoms with van der Waals surface area (Å²) in [5, 5.41) is 40.0. The number of hydrogen-bond donors (Lipinski definition) is 4. The minimum atomic E-state index is -1.80. The molecule has 1 aliphatic heterocycles. The highest BCUT2D eigenvalue weighted by Gasteiger charge is 2.48. The summed E-state index contributed by atoms with van der Waals surface area (Å²) in [6.07, 6.45) is 0.871. The average molecular weight is 521 g/mol. The van der Waals surface area contributed by atoms with Crippen LogP contribution in [0.5, 0.6) is 5.75 Å². The van der Waals surface area contributed by atoms with Crippen molar-refractivity contribution in [2.75, 3.05) is 7.11 Å². The molecule has 4 aliphatic rings. The Bertz CT molecular complexity index is 1080. The Balaban J connectivity index is 1.48. The number of halogens is 1. The molecular weight excluding hydrogens is 488 g/mol. The maximum absolute atomic E-state index is 11.4. The van der Waals surface area contributed by atoms with Gasteiger partial charge in [-0.1, -0.05) is 29.2 Å². The first-order valence-corrected chi connectivity index (χ1v) is 13.1. The molecule has 1 heterocycles. The van der Waals surface area contributed by atoms with Crippen LogP contribution in [0.15, 0.2) is 34.9 Å². The molecule has 196 valence electrons. The van der Waals surface area contributed by atoms with Gasteiger partial charge in [-0.25, -0.2) is 4.79 Å². The van der Waals surface area contributed by atoms with Crippen LogP contribution in [-0.2, 0) is 14.3 Å². The number of aliphatic hydroxyl groups is 3. The molecule has 4 unspecified atom stereocenters. The molecule has 0 amide bonds. The molecule has 3 aliphatic carbocycles. The van der Waals surface area contributed by atoms with Crippen LogP contribution in [-0.4, -0.2) is 64.2 Å². The van der Waals surface area contributed by atoms with Gasteiger partial charge in [0.05, 0.1) is 12.1 Å². The zero-order valence-electron chi connectivity index (χ0n) is 20.2. The smallest absolute Gasteiger partial charge is 0.335 e. The predicted molar refractivity (Wildman–Crippen MR) is 131 cm³/mol. The van der Waals surface area contributed by atoms with Gasteiger partial charge in [-0.2, -0.15) is 0 Å². The number of aliphatic carboxylic acids is 1. The molecule has 1 aromatic carbocycles. The largest absolute Gasteiger partial charge is 0.496 e. The molecule has 0 radical (unpaired) electrons. The third kappa shape index (κ3) is 4.54. The summed E-state index contributed by atoms with van der Waals surface area (Å²) in [4.78, 5) is 11.4. The van der Waals surface area contributed by atoms with Crippen molar-refractivity contribution in [3.05, 3.63) is 45.5 Å². The molecular formula is C27H33ClO8. The van der Waals surface area contributed by atoms with Gasteiger partial charge in [-0.3, -0.25) is 0 Å². The molecule has 5 rings (SSSR count). The Morgan fingerprint density at radius 2 is 1.83 bits per heavy atom. The second-order valence-electron chi connectivity index (χ2n) is 10.2. The van der Waals surface area contributed by atoms with E-state index in [1.54, 1.807) is 30.4 Å². The van der Waals surface area contributed by atoms with Crippen molar-refractivity contribution < 1.29 is 39.4 Å². The van der Waals surface area contributed by atoms with Crippen LogP contribution in [0, 0.1) is 11.8 Å². The van der Waals surface area contributed by atoms with E-state index in [9.17, 15) is 25.2 Å². The molecule has 2 bridgehead atoms. The van der Waals surface area contributed by atoms with Crippen molar-refractivity contribution in [2.45, 2.75) is 82.1 Å². The number of methoxy groups -OCH3 is 1. The summed E-state index contributed by atoms with van der Waals surface area (Å²) in [6, 6.07) is 5.21. The summed E-state index contributed by atoms with van der Waals surface area (Å²) in [5.74, 6) is 0.298. The molecule has 4 N–H and O–H groups in total. The SMILES string of the molecule is CO/C(=C1\C2CCCC1C1=C(CCCC1)C2)c1ccc(Cl)c(OC2OC(C(=O)O)[C@@H](O)[C@H](O)[C@@H]2O)c1. The third-order valence-electron chi connectivity index (χ3n) is 8.12. The first-order chi connectivity index (χ1) is 17.3. The van der Waals surface area contributed by atoms with Crippen LogP contribution in [0.1, 0.15) is 56.9 Å². The second kappa shape index (κ2) is 10.3. The van der Waals surface area contributed by atoms with E-state index in [1.165, 1.54) is 31.3 Å². The molecule has 9 heteroatoms. The molecule has 7 atom stereocenters. The fourth-order valence-electron chi connectivity index (χ4n) is 6.44. The standard InChI is InChI=1S/C27H33ClO8/c1-34-24(20-14-6-4-8-17(20)16-7-3-2-5-13(16)11-14)15-9-10-18(28)19(12-15)35-27-23(31)21(29)22(30)25(36-27)26(32)33/h9-10,12,14,17,21-23,25,27,29-31H,2-8,11H2,1H3,(H,32,33)/b24-20+/t14?,17?,21-,22-,23-,25?,27?/m0/s1. The van der Waals surface area contributed by atoms with E-state index >= 15 is 0 Å².